The topological polar surface area (TPSA) is 53.3 Å². The number of likely N-dealkylation sites (tertiary alicyclic amines) is 1. The highest BCUT2D eigenvalue weighted by Crippen LogP contribution is 2.15. The Labute approximate surface area is 90.8 Å². The van der Waals surface area contributed by atoms with Crippen LogP contribution >= 0.6 is 0 Å². The molecule has 1 aliphatic heterocycles. The second-order valence-corrected chi connectivity index (χ2v) is 3.95. The summed E-state index contributed by atoms with van der Waals surface area (Å²) in [5.74, 6) is 0.0284. The maximum absolute atomic E-state index is 10.9. The van der Waals surface area contributed by atoms with Crippen molar-refractivity contribution in [3.05, 3.63) is 0 Å². The van der Waals surface area contributed by atoms with Gasteiger partial charge in [0.05, 0.1) is 19.1 Å². The van der Waals surface area contributed by atoms with Crippen molar-refractivity contribution in [1.29, 1.82) is 5.26 Å². The van der Waals surface area contributed by atoms with E-state index in [1.165, 1.54) is 7.11 Å². The van der Waals surface area contributed by atoms with Gasteiger partial charge < -0.3 is 9.64 Å². The van der Waals surface area contributed by atoms with E-state index in [0.29, 0.717) is 6.42 Å². The molecule has 0 N–H and O–H groups in total. The summed E-state index contributed by atoms with van der Waals surface area (Å²) in [6, 6.07) is 2.31. The van der Waals surface area contributed by atoms with E-state index in [1.54, 1.807) is 0 Å². The fourth-order valence-corrected chi connectivity index (χ4v) is 1.91. The van der Waals surface area contributed by atoms with E-state index < -0.39 is 0 Å². The molecule has 1 heterocycles. The van der Waals surface area contributed by atoms with Crippen LogP contribution in [0.25, 0.3) is 0 Å². The fraction of sp³-hybridized carbons (Fsp3) is 0.818. The van der Waals surface area contributed by atoms with Crippen LogP contribution < -0.4 is 0 Å². The van der Waals surface area contributed by atoms with Gasteiger partial charge in [-0.2, -0.15) is 5.26 Å². The zero-order valence-corrected chi connectivity index (χ0v) is 9.24. The minimum absolute atomic E-state index is 0.149. The first-order chi connectivity index (χ1) is 7.26. The van der Waals surface area contributed by atoms with Gasteiger partial charge in [-0.15, -0.1) is 0 Å². The van der Waals surface area contributed by atoms with Crippen molar-refractivity contribution in [3.63, 3.8) is 0 Å². The third kappa shape index (κ3) is 4.30. The molecule has 0 aromatic carbocycles. The summed E-state index contributed by atoms with van der Waals surface area (Å²) < 4.78 is 4.57. The van der Waals surface area contributed by atoms with Gasteiger partial charge in [0.1, 0.15) is 0 Å². The van der Waals surface area contributed by atoms with E-state index in [-0.39, 0.29) is 11.9 Å². The number of hydrogen-bond donors (Lipinski definition) is 0. The number of carbonyl (C=O) groups excluding carboxylic acids is 1. The second kappa shape index (κ2) is 6.41. The average Bonchev–Trinajstić information content (AvgIpc) is 2.29. The first kappa shape index (κ1) is 12.0. The van der Waals surface area contributed by atoms with Crippen LogP contribution in [0.1, 0.15) is 25.7 Å². The van der Waals surface area contributed by atoms with Crippen molar-refractivity contribution in [2.45, 2.75) is 25.7 Å². The lowest BCUT2D eigenvalue weighted by Gasteiger charge is -2.29. The highest BCUT2D eigenvalue weighted by molar-refractivity contribution is 5.69. The van der Waals surface area contributed by atoms with Crippen molar-refractivity contribution in [2.75, 3.05) is 26.7 Å². The molecule has 1 rings (SSSR count). The predicted molar refractivity (Wildman–Crippen MR) is 56.0 cm³/mol. The number of ether oxygens (including phenoxy) is 1. The number of methoxy groups -OCH3 is 1. The molecule has 4 heteroatoms. The third-order valence-corrected chi connectivity index (χ3v) is 2.77. The molecule has 1 fully saturated rings. The van der Waals surface area contributed by atoms with Gasteiger partial charge in [0, 0.05) is 13.0 Å². The average molecular weight is 210 g/mol. The number of piperidine rings is 1. The van der Waals surface area contributed by atoms with Crippen LogP contribution in [0.5, 0.6) is 0 Å². The number of carbonyl (C=O) groups is 1. The molecule has 0 aromatic rings. The summed E-state index contributed by atoms with van der Waals surface area (Å²) >= 11 is 0. The maximum atomic E-state index is 10.9. The zero-order valence-electron chi connectivity index (χ0n) is 9.24. The van der Waals surface area contributed by atoms with E-state index in [2.05, 4.69) is 15.7 Å². The van der Waals surface area contributed by atoms with Gasteiger partial charge in [-0.3, -0.25) is 4.79 Å². The van der Waals surface area contributed by atoms with Crippen LogP contribution in [0.3, 0.4) is 0 Å². The van der Waals surface area contributed by atoms with Crippen LogP contribution in [-0.4, -0.2) is 37.6 Å². The minimum Gasteiger partial charge on any atom is -0.469 e. The Kier molecular flexibility index (Phi) is 5.13. The molecule has 0 radical (unpaired) electrons. The molecule has 1 saturated heterocycles. The molecule has 1 unspecified atom stereocenters. The third-order valence-electron chi connectivity index (χ3n) is 2.77. The molecule has 1 aliphatic rings. The monoisotopic (exact) mass is 210 g/mol. The number of nitrogens with zero attached hydrogens (tertiary/aromatic N) is 2. The van der Waals surface area contributed by atoms with Crippen molar-refractivity contribution in [3.8, 4) is 6.07 Å². The highest BCUT2D eigenvalue weighted by Gasteiger charge is 2.18. The molecular formula is C11H18N2O2. The Hall–Kier alpha value is -1.08. The maximum Gasteiger partial charge on any atom is 0.305 e. The van der Waals surface area contributed by atoms with Crippen LogP contribution in [0.15, 0.2) is 0 Å². The van der Waals surface area contributed by atoms with Crippen molar-refractivity contribution in [2.24, 2.45) is 5.92 Å². The molecule has 0 aliphatic carbocycles. The Bertz CT molecular complexity index is 247. The standard InChI is InChI=1S/C11H18N2O2/c1-15-11(14)5-3-7-13-6-2-4-10(8-12)9-13/h10H,2-7,9H2,1H3. The predicted octanol–water partition coefficient (Wildman–Crippen LogP) is 1.18. The van der Waals surface area contributed by atoms with Crippen LogP contribution in [0.4, 0.5) is 0 Å². The van der Waals surface area contributed by atoms with Gasteiger partial charge in [-0.25, -0.2) is 0 Å². The van der Waals surface area contributed by atoms with Gasteiger partial charge in [-0.05, 0) is 32.4 Å². The fourth-order valence-electron chi connectivity index (χ4n) is 1.91. The van der Waals surface area contributed by atoms with Gasteiger partial charge in [-0.1, -0.05) is 0 Å². The number of esters is 1. The molecule has 1 atom stereocenters. The molecule has 0 spiro atoms. The summed E-state index contributed by atoms with van der Waals surface area (Å²) in [6.07, 6.45) is 3.41. The van der Waals surface area contributed by atoms with Gasteiger partial charge in [0.2, 0.25) is 0 Å². The molecule has 4 nitrogen and oxygen atoms in total. The van der Waals surface area contributed by atoms with Gasteiger partial charge >= 0.3 is 5.97 Å². The zero-order chi connectivity index (χ0) is 11.1. The molecule has 0 aromatic heterocycles. The van der Waals surface area contributed by atoms with E-state index in [0.717, 1.165) is 38.9 Å². The van der Waals surface area contributed by atoms with Gasteiger partial charge in [0.25, 0.3) is 0 Å². The largest absolute Gasteiger partial charge is 0.469 e. The molecule has 84 valence electrons. The number of nitriles is 1. The molecule has 15 heavy (non-hydrogen) atoms. The van der Waals surface area contributed by atoms with E-state index in [4.69, 9.17) is 5.26 Å². The van der Waals surface area contributed by atoms with E-state index in [1.807, 2.05) is 0 Å². The SMILES string of the molecule is COC(=O)CCCN1CCCC(C#N)C1. The van der Waals surface area contributed by atoms with Crippen molar-refractivity contribution >= 4 is 5.97 Å². The smallest absolute Gasteiger partial charge is 0.305 e. The van der Waals surface area contributed by atoms with Crippen LogP contribution in [0, 0.1) is 17.2 Å². The lowest BCUT2D eigenvalue weighted by Crippen LogP contribution is -2.35. The van der Waals surface area contributed by atoms with Crippen LogP contribution in [0.2, 0.25) is 0 Å². The first-order valence-corrected chi connectivity index (χ1v) is 5.45. The highest BCUT2D eigenvalue weighted by atomic mass is 16.5. The first-order valence-electron chi connectivity index (χ1n) is 5.45. The summed E-state index contributed by atoms with van der Waals surface area (Å²) in [4.78, 5) is 13.1. The number of hydrogen-bond acceptors (Lipinski definition) is 4. The summed E-state index contributed by atoms with van der Waals surface area (Å²) in [5.41, 5.74) is 0. The van der Waals surface area contributed by atoms with Gasteiger partial charge in [0.15, 0.2) is 0 Å². The Morgan fingerprint density at radius 2 is 2.47 bits per heavy atom. The van der Waals surface area contributed by atoms with E-state index >= 15 is 0 Å². The van der Waals surface area contributed by atoms with Crippen molar-refractivity contribution < 1.29 is 9.53 Å². The molecule has 0 saturated carbocycles. The quantitative estimate of drug-likeness (QED) is 0.654. The lowest BCUT2D eigenvalue weighted by molar-refractivity contribution is -0.140. The van der Waals surface area contributed by atoms with Crippen molar-refractivity contribution in [1.82, 2.24) is 4.90 Å². The number of rotatable bonds is 4. The molecular weight excluding hydrogens is 192 g/mol. The normalized spacial score (nSPS) is 22.0. The Morgan fingerprint density at radius 1 is 1.67 bits per heavy atom. The summed E-state index contributed by atoms with van der Waals surface area (Å²) in [7, 11) is 1.41. The lowest BCUT2D eigenvalue weighted by atomic mass is 9.99. The van der Waals surface area contributed by atoms with Crippen LogP contribution in [-0.2, 0) is 9.53 Å². The Balaban J connectivity index is 2.16. The minimum atomic E-state index is -0.149. The second-order valence-electron chi connectivity index (χ2n) is 3.95. The summed E-state index contributed by atoms with van der Waals surface area (Å²) in [5, 5.41) is 8.81. The molecule has 0 bridgehead atoms. The molecule has 0 amide bonds. The summed E-state index contributed by atoms with van der Waals surface area (Å²) in [6.45, 7) is 2.81. The Morgan fingerprint density at radius 3 is 3.13 bits per heavy atom. The van der Waals surface area contributed by atoms with E-state index in [9.17, 15) is 4.79 Å².